The Hall–Kier alpha value is -1.36. The van der Waals surface area contributed by atoms with Crippen molar-refractivity contribution < 1.29 is 19.8 Å². The normalized spacial score (nSPS) is 29.8. The molecular formula is C17H28O4Si. The first-order valence-electron chi connectivity index (χ1n) is 7.93. The quantitative estimate of drug-likeness (QED) is 0.742. The molecule has 2 unspecified atom stereocenters. The Labute approximate surface area is 133 Å². The molecule has 124 valence electrons. The Morgan fingerprint density at radius 3 is 2.32 bits per heavy atom. The van der Waals surface area contributed by atoms with Crippen molar-refractivity contribution in [3.8, 4) is 0 Å². The van der Waals surface area contributed by atoms with Crippen molar-refractivity contribution in [2.45, 2.75) is 64.2 Å². The minimum absolute atomic E-state index is 0.0359. The van der Waals surface area contributed by atoms with E-state index in [0.717, 1.165) is 5.54 Å². The summed E-state index contributed by atoms with van der Waals surface area (Å²) in [5.74, 6) is -2.06. The number of carbonyl (C=O) groups is 2. The van der Waals surface area contributed by atoms with Gasteiger partial charge in [-0.15, -0.1) is 0 Å². The zero-order valence-corrected chi connectivity index (χ0v) is 15.1. The lowest BCUT2D eigenvalue weighted by Gasteiger charge is -2.34. The van der Waals surface area contributed by atoms with Crippen molar-refractivity contribution >= 4 is 20.0 Å². The summed E-state index contributed by atoms with van der Waals surface area (Å²) in [5.41, 5.74) is 0.140. The van der Waals surface area contributed by atoms with Crippen LogP contribution in [-0.4, -0.2) is 30.2 Å². The van der Waals surface area contributed by atoms with E-state index in [1.54, 1.807) is 6.04 Å². The van der Waals surface area contributed by atoms with Crippen molar-refractivity contribution in [1.29, 1.82) is 0 Å². The zero-order chi connectivity index (χ0) is 17.0. The Morgan fingerprint density at radius 1 is 1.27 bits per heavy atom. The number of hydrogen-bond acceptors (Lipinski definition) is 2. The molecule has 1 aliphatic heterocycles. The summed E-state index contributed by atoms with van der Waals surface area (Å²) in [4.78, 5) is 21.3. The van der Waals surface area contributed by atoms with Crippen molar-refractivity contribution in [2.75, 3.05) is 0 Å². The summed E-state index contributed by atoms with van der Waals surface area (Å²) in [6.07, 6.45) is 8.96. The number of carboxylic acids is 2. The van der Waals surface area contributed by atoms with Crippen LogP contribution in [0.25, 0.3) is 0 Å². The third-order valence-corrected chi connectivity index (χ3v) is 9.72. The number of hydrogen-bond donors (Lipinski definition) is 2. The number of aliphatic carboxylic acids is 2. The van der Waals surface area contributed by atoms with Crippen molar-refractivity contribution in [2.24, 2.45) is 5.41 Å². The van der Waals surface area contributed by atoms with E-state index < -0.39 is 25.4 Å². The molecule has 1 saturated heterocycles. The molecule has 0 aromatic rings. The molecule has 0 bridgehead atoms. The van der Waals surface area contributed by atoms with Crippen LogP contribution in [0.3, 0.4) is 0 Å². The highest BCUT2D eigenvalue weighted by atomic mass is 28.3. The number of rotatable bonds is 2. The smallest absolute Gasteiger partial charge is 0.331 e. The monoisotopic (exact) mass is 324 g/mol. The Kier molecular flexibility index (Phi) is 6.17. The lowest BCUT2D eigenvalue weighted by molar-refractivity contribution is -0.145. The van der Waals surface area contributed by atoms with E-state index in [4.69, 9.17) is 10.2 Å². The lowest BCUT2D eigenvalue weighted by atomic mass is 9.80. The van der Waals surface area contributed by atoms with Crippen LogP contribution >= 0.6 is 0 Å². The van der Waals surface area contributed by atoms with E-state index in [2.05, 4.69) is 20.0 Å². The molecule has 2 rings (SSSR count). The fourth-order valence-corrected chi connectivity index (χ4v) is 5.49. The minimum atomic E-state index is -1.08. The van der Waals surface area contributed by atoms with Gasteiger partial charge in [-0.25, -0.2) is 4.79 Å². The van der Waals surface area contributed by atoms with Crippen molar-refractivity contribution in [3.05, 3.63) is 23.8 Å². The van der Waals surface area contributed by atoms with Gasteiger partial charge in [-0.05, 0) is 18.9 Å². The average Bonchev–Trinajstić information content (AvgIpc) is 2.43. The van der Waals surface area contributed by atoms with Crippen LogP contribution in [0.1, 0.15) is 39.5 Å². The maximum absolute atomic E-state index is 10.8. The molecule has 22 heavy (non-hydrogen) atoms. The summed E-state index contributed by atoms with van der Waals surface area (Å²) in [7, 11) is -0.694. The molecule has 4 nitrogen and oxygen atoms in total. The van der Waals surface area contributed by atoms with Gasteiger partial charge in [-0.3, -0.25) is 4.79 Å². The van der Waals surface area contributed by atoms with Crippen LogP contribution in [0.15, 0.2) is 23.8 Å². The fraction of sp³-hybridized carbons (Fsp3) is 0.647. The highest BCUT2D eigenvalue weighted by Gasteiger charge is 2.34. The van der Waals surface area contributed by atoms with E-state index >= 15 is 0 Å². The summed E-state index contributed by atoms with van der Waals surface area (Å²) in [6, 6.07) is 1.58. The van der Waals surface area contributed by atoms with E-state index in [0.29, 0.717) is 0 Å². The van der Waals surface area contributed by atoms with E-state index in [-0.39, 0.29) is 12.0 Å². The van der Waals surface area contributed by atoms with Gasteiger partial charge in [0.15, 0.2) is 0 Å². The van der Waals surface area contributed by atoms with Gasteiger partial charge in [0.1, 0.15) is 0 Å². The van der Waals surface area contributed by atoms with Crippen LogP contribution < -0.4 is 0 Å². The van der Waals surface area contributed by atoms with E-state index in [9.17, 15) is 9.59 Å². The predicted octanol–water partition coefficient (Wildman–Crippen LogP) is 4.32. The van der Waals surface area contributed by atoms with Gasteiger partial charge in [-0.1, -0.05) is 63.6 Å². The molecule has 1 aliphatic carbocycles. The first-order valence-corrected chi connectivity index (χ1v) is 11.2. The zero-order valence-electron chi connectivity index (χ0n) is 14.1. The summed E-state index contributed by atoms with van der Waals surface area (Å²) >= 11 is 0. The average molecular weight is 324 g/mol. The first kappa shape index (κ1) is 18.7. The van der Waals surface area contributed by atoms with Gasteiger partial charge in [0, 0.05) is 5.57 Å². The molecule has 0 spiro atoms. The van der Waals surface area contributed by atoms with Gasteiger partial charge in [0.2, 0.25) is 0 Å². The Morgan fingerprint density at radius 2 is 1.91 bits per heavy atom. The van der Waals surface area contributed by atoms with E-state index in [1.165, 1.54) is 44.4 Å². The van der Waals surface area contributed by atoms with Gasteiger partial charge >= 0.3 is 11.9 Å². The van der Waals surface area contributed by atoms with Crippen LogP contribution in [-0.2, 0) is 9.59 Å². The molecule has 1 heterocycles. The van der Waals surface area contributed by atoms with Crippen molar-refractivity contribution in [3.63, 3.8) is 0 Å². The van der Waals surface area contributed by atoms with Crippen LogP contribution in [0, 0.1) is 5.41 Å². The largest absolute Gasteiger partial charge is 0.481 e. The molecule has 5 heteroatoms. The van der Waals surface area contributed by atoms with Gasteiger partial charge in [0.25, 0.3) is 0 Å². The predicted molar refractivity (Wildman–Crippen MR) is 90.8 cm³/mol. The standard InChI is InChI=1S/C9H10O4.C8H18Si/c1-9(8(12)13)4-2-3-6(5-9)7(10)11;1-8-6-4-5-7-9(8,2)3/h2-4H,5H2,1H3,(H,10,11)(H,12,13);8H,4-7H2,1-3H3. The maximum atomic E-state index is 10.8. The van der Waals surface area contributed by atoms with Gasteiger partial charge < -0.3 is 10.2 Å². The molecule has 1 fully saturated rings. The first-order chi connectivity index (χ1) is 10.1. The SMILES string of the molecule is CC1(C(=O)O)C=CC=C(C(=O)O)C1.CC1CCCC[Si]1(C)C. The van der Waals surface area contributed by atoms with E-state index in [1.807, 2.05) is 0 Å². The second kappa shape index (κ2) is 7.27. The second-order valence-corrected chi connectivity index (χ2v) is 12.9. The highest BCUT2D eigenvalue weighted by Crippen LogP contribution is 2.36. The molecule has 2 atom stereocenters. The molecule has 2 N–H and O–H groups in total. The summed E-state index contributed by atoms with van der Waals surface area (Å²) in [6.45, 7) is 9.03. The molecule has 0 amide bonds. The fourth-order valence-electron chi connectivity index (χ4n) is 2.85. The van der Waals surface area contributed by atoms with Gasteiger partial charge in [0.05, 0.1) is 13.5 Å². The molecule has 0 saturated carbocycles. The third-order valence-electron chi connectivity index (χ3n) is 5.12. The summed E-state index contributed by atoms with van der Waals surface area (Å²) in [5, 5.41) is 17.5. The minimum Gasteiger partial charge on any atom is -0.481 e. The van der Waals surface area contributed by atoms with Gasteiger partial charge in [-0.2, -0.15) is 0 Å². The molecule has 0 aromatic heterocycles. The Balaban J connectivity index is 0.000000235. The Bertz CT molecular complexity index is 493. The topological polar surface area (TPSA) is 74.6 Å². The maximum Gasteiger partial charge on any atom is 0.331 e. The molecule has 2 aliphatic rings. The third kappa shape index (κ3) is 4.83. The number of allylic oxidation sites excluding steroid dienone is 2. The van der Waals surface area contributed by atoms with Crippen molar-refractivity contribution in [1.82, 2.24) is 0 Å². The van der Waals surface area contributed by atoms with Crippen LogP contribution in [0.4, 0.5) is 0 Å². The second-order valence-electron chi connectivity index (χ2n) is 7.39. The molecule has 0 aromatic carbocycles. The summed E-state index contributed by atoms with van der Waals surface area (Å²) < 4.78 is 0. The molecular weight excluding hydrogens is 296 g/mol. The highest BCUT2D eigenvalue weighted by molar-refractivity contribution is 6.78. The molecule has 0 radical (unpaired) electrons. The van der Waals surface area contributed by atoms with Crippen LogP contribution in [0.5, 0.6) is 0 Å². The van der Waals surface area contributed by atoms with Crippen LogP contribution in [0.2, 0.25) is 24.7 Å². The lowest BCUT2D eigenvalue weighted by Crippen LogP contribution is -2.33. The number of carboxylic acid groups (broad SMARTS) is 2.